The summed E-state index contributed by atoms with van der Waals surface area (Å²) in [4.78, 5) is 24.0. The minimum Gasteiger partial charge on any atom is -0.497 e. The van der Waals surface area contributed by atoms with Crippen LogP contribution in [0.25, 0.3) is 10.9 Å². The first-order chi connectivity index (χ1) is 16.5. The Morgan fingerprint density at radius 1 is 1.15 bits per heavy atom. The monoisotopic (exact) mass is 473 g/mol. The molecule has 1 aliphatic heterocycles. The van der Waals surface area contributed by atoms with Gasteiger partial charge in [-0.3, -0.25) is 4.79 Å². The van der Waals surface area contributed by atoms with Gasteiger partial charge in [0.2, 0.25) is 5.91 Å². The summed E-state index contributed by atoms with van der Waals surface area (Å²) in [6.45, 7) is 4.26. The largest absolute Gasteiger partial charge is 0.497 e. The number of hydrogen-bond donors (Lipinski definition) is 3. The van der Waals surface area contributed by atoms with Gasteiger partial charge in [0, 0.05) is 22.5 Å². The third-order valence-corrected chi connectivity index (χ3v) is 6.77. The number of carbonyl (C=O) groups excluding carboxylic acids is 1. The third-order valence-electron chi connectivity index (χ3n) is 5.77. The van der Waals surface area contributed by atoms with Gasteiger partial charge in [0.25, 0.3) is 0 Å². The van der Waals surface area contributed by atoms with Crippen molar-refractivity contribution in [2.24, 2.45) is 5.92 Å². The van der Waals surface area contributed by atoms with Crippen LogP contribution in [0.5, 0.6) is 5.75 Å². The van der Waals surface area contributed by atoms with E-state index in [4.69, 9.17) is 4.74 Å². The average molecular weight is 474 g/mol. The minimum atomic E-state index is 0.134. The number of anilines is 3. The zero-order valence-electron chi connectivity index (χ0n) is 19.4. The number of methoxy groups -OCH3 is 1. The number of aromatic nitrogens is 3. The fraction of sp³-hybridized carbons (Fsp3) is 0.269. The SMILES string of the molecule is CC(C)c1cnc2c(n1)Nc1c([nH]c3ccccc13)S2.COc1ccc(NC(=O)C2CC2)cc1. The lowest BCUT2D eigenvalue weighted by molar-refractivity contribution is -0.117. The van der Waals surface area contributed by atoms with Crippen molar-refractivity contribution in [2.45, 2.75) is 42.7 Å². The number of hydrogen-bond acceptors (Lipinski definition) is 6. The first-order valence-corrected chi connectivity index (χ1v) is 12.2. The van der Waals surface area contributed by atoms with Crippen molar-refractivity contribution < 1.29 is 9.53 Å². The molecular formula is C26H27N5O2S. The smallest absolute Gasteiger partial charge is 0.227 e. The number of amides is 1. The Hall–Kier alpha value is -3.52. The van der Waals surface area contributed by atoms with E-state index < -0.39 is 0 Å². The number of H-pyrrole nitrogens is 1. The maximum Gasteiger partial charge on any atom is 0.227 e. The van der Waals surface area contributed by atoms with E-state index in [1.807, 2.05) is 36.5 Å². The van der Waals surface area contributed by atoms with Crippen molar-refractivity contribution in [3.63, 3.8) is 0 Å². The number of rotatable bonds is 4. The predicted molar refractivity (Wildman–Crippen MR) is 136 cm³/mol. The van der Waals surface area contributed by atoms with Crippen LogP contribution >= 0.6 is 11.8 Å². The van der Waals surface area contributed by atoms with E-state index in [2.05, 4.69) is 57.6 Å². The van der Waals surface area contributed by atoms with Crippen LogP contribution in [0.4, 0.5) is 17.2 Å². The Morgan fingerprint density at radius 2 is 1.91 bits per heavy atom. The number of benzene rings is 2. The molecule has 4 aromatic rings. The van der Waals surface area contributed by atoms with E-state index in [9.17, 15) is 4.79 Å². The number of aromatic amines is 1. The minimum absolute atomic E-state index is 0.134. The summed E-state index contributed by atoms with van der Waals surface area (Å²) in [7, 11) is 1.62. The summed E-state index contributed by atoms with van der Waals surface area (Å²) in [6, 6.07) is 15.6. The van der Waals surface area contributed by atoms with E-state index in [1.54, 1.807) is 18.9 Å². The predicted octanol–water partition coefficient (Wildman–Crippen LogP) is 6.33. The fourth-order valence-electron chi connectivity index (χ4n) is 3.62. The molecule has 1 saturated carbocycles. The van der Waals surface area contributed by atoms with Crippen LogP contribution in [0.3, 0.4) is 0 Å². The van der Waals surface area contributed by atoms with Gasteiger partial charge in [-0.15, -0.1) is 0 Å². The zero-order chi connectivity index (χ0) is 23.7. The van der Waals surface area contributed by atoms with Crippen molar-refractivity contribution in [3.8, 4) is 5.75 Å². The molecule has 0 saturated heterocycles. The second-order valence-electron chi connectivity index (χ2n) is 8.70. The van der Waals surface area contributed by atoms with Crippen molar-refractivity contribution in [2.75, 3.05) is 17.7 Å². The number of nitrogens with zero attached hydrogens (tertiary/aromatic N) is 2. The lowest BCUT2D eigenvalue weighted by atomic mass is 10.1. The topological polar surface area (TPSA) is 91.9 Å². The van der Waals surface area contributed by atoms with E-state index >= 15 is 0 Å². The van der Waals surface area contributed by atoms with Gasteiger partial charge in [0.15, 0.2) is 5.82 Å². The van der Waals surface area contributed by atoms with Gasteiger partial charge in [-0.25, -0.2) is 9.97 Å². The second kappa shape index (κ2) is 9.38. The van der Waals surface area contributed by atoms with Gasteiger partial charge in [0.1, 0.15) is 15.8 Å². The normalized spacial score (nSPS) is 13.9. The van der Waals surface area contributed by atoms with Gasteiger partial charge < -0.3 is 20.4 Å². The van der Waals surface area contributed by atoms with E-state index in [1.165, 1.54) is 5.39 Å². The Labute approximate surface area is 202 Å². The van der Waals surface area contributed by atoms with Crippen molar-refractivity contribution in [1.82, 2.24) is 15.0 Å². The summed E-state index contributed by atoms with van der Waals surface area (Å²) in [5.74, 6) is 2.42. The van der Waals surface area contributed by atoms with Gasteiger partial charge >= 0.3 is 0 Å². The summed E-state index contributed by atoms with van der Waals surface area (Å²) < 4.78 is 5.02. The Morgan fingerprint density at radius 3 is 2.62 bits per heavy atom. The summed E-state index contributed by atoms with van der Waals surface area (Å²) in [5, 5.41) is 9.51. The molecule has 2 aromatic heterocycles. The Bertz CT molecular complexity index is 1330. The number of nitrogens with one attached hydrogen (secondary N) is 3. The molecule has 0 radical (unpaired) electrons. The fourth-order valence-corrected chi connectivity index (χ4v) is 4.54. The summed E-state index contributed by atoms with van der Waals surface area (Å²) in [6.07, 6.45) is 3.93. The standard InChI is InChI=1S/C15H14N4S.C11H13NO2/c1-8(2)11-7-16-15-13(17-11)19-12-9-5-3-4-6-10(9)18-14(12)20-15;1-14-10-6-4-9(5-7-10)12-11(13)8-2-3-8/h3-8,18H,1-2H3,(H,17,19);4-8H,2-3H2,1H3,(H,12,13). The molecule has 1 amide bonds. The number of carbonyl (C=O) groups is 1. The zero-order valence-corrected chi connectivity index (χ0v) is 20.2. The van der Waals surface area contributed by atoms with Crippen LogP contribution in [-0.2, 0) is 4.79 Å². The molecule has 0 unspecified atom stereocenters. The maximum atomic E-state index is 11.4. The van der Waals surface area contributed by atoms with E-state index in [-0.39, 0.29) is 11.8 Å². The summed E-state index contributed by atoms with van der Waals surface area (Å²) >= 11 is 1.64. The second-order valence-corrected chi connectivity index (χ2v) is 9.70. The molecule has 1 fully saturated rings. The highest BCUT2D eigenvalue weighted by Gasteiger charge is 2.29. The molecule has 3 heterocycles. The quantitative estimate of drug-likeness (QED) is 0.282. The molecule has 2 aliphatic rings. The average Bonchev–Trinajstić information content (AvgIpc) is 3.65. The van der Waals surface area contributed by atoms with Crippen LogP contribution in [0.15, 0.2) is 64.8 Å². The molecule has 34 heavy (non-hydrogen) atoms. The van der Waals surface area contributed by atoms with Gasteiger partial charge in [-0.1, -0.05) is 32.0 Å². The molecule has 0 bridgehead atoms. The van der Waals surface area contributed by atoms with Crippen molar-refractivity contribution in [3.05, 3.63) is 60.4 Å². The lowest BCUT2D eigenvalue weighted by Crippen LogP contribution is -2.12. The summed E-state index contributed by atoms with van der Waals surface area (Å²) in [5.41, 5.74) is 4.09. The van der Waals surface area contributed by atoms with Crippen molar-refractivity contribution >= 4 is 45.8 Å². The Kier molecular flexibility index (Phi) is 6.15. The number of ether oxygens (including phenoxy) is 1. The van der Waals surface area contributed by atoms with Crippen LogP contribution in [0.1, 0.15) is 38.3 Å². The first kappa shape index (κ1) is 22.3. The molecule has 0 atom stereocenters. The highest BCUT2D eigenvalue weighted by molar-refractivity contribution is 7.99. The molecule has 3 N–H and O–H groups in total. The highest BCUT2D eigenvalue weighted by atomic mass is 32.2. The van der Waals surface area contributed by atoms with Gasteiger partial charge in [0.05, 0.1) is 24.7 Å². The molecule has 1 aliphatic carbocycles. The van der Waals surface area contributed by atoms with Crippen LogP contribution in [-0.4, -0.2) is 28.0 Å². The molecule has 2 aromatic carbocycles. The number of fused-ring (bicyclic) bond motifs is 4. The maximum absolute atomic E-state index is 11.4. The Balaban J connectivity index is 0.000000152. The van der Waals surface area contributed by atoms with Crippen molar-refractivity contribution in [1.29, 1.82) is 0 Å². The molecule has 6 rings (SSSR count). The first-order valence-electron chi connectivity index (χ1n) is 11.4. The molecule has 0 spiro atoms. The van der Waals surface area contributed by atoms with Crippen LogP contribution in [0, 0.1) is 5.92 Å². The van der Waals surface area contributed by atoms with E-state index in [0.29, 0.717) is 5.92 Å². The molecule has 7 nitrogen and oxygen atoms in total. The highest BCUT2D eigenvalue weighted by Crippen LogP contribution is 2.45. The molecule has 174 valence electrons. The number of para-hydroxylation sites is 1. The molecule has 8 heteroatoms. The van der Waals surface area contributed by atoms with Crippen LogP contribution < -0.4 is 15.4 Å². The van der Waals surface area contributed by atoms with Gasteiger partial charge in [-0.05, 0) is 60.9 Å². The third kappa shape index (κ3) is 4.72. The van der Waals surface area contributed by atoms with Crippen LogP contribution in [0.2, 0.25) is 0 Å². The lowest BCUT2D eigenvalue weighted by Gasteiger charge is -2.17. The molecular weight excluding hydrogens is 446 g/mol. The van der Waals surface area contributed by atoms with Gasteiger partial charge in [-0.2, -0.15) is 0 Å². The van der Waals surface area contributed by atoms with E-state index in [0.717, 1.165) is 57.0 Å².